The van der Waals surface area contributed by atoms with E-state index < -0.39 is 0 Å². The van der Waals surface area contributed by atoms with Crippen LogP contribution in [0.1, 0.15) is 36.2 Å². The first kappa shape index (κ1) is 10.8. The molecular weight excluding hydrogens is 174 g/mol. The van der Waals surface area contributed by atoms with Gasteiger partial charge in [-0.1, -0.05) is 32.4 Å². The van der Waals surface area contributed by atoms with Crippen LogP contribution in [0.5, 0.6) is 0 Å². The minimum absolute atomic E-state index is 0.351. The van der Waals surface area contributed by atoms with Gasteiger partial charge < -0.3 is 5.73 Å². The third kappa shape index (κ3) is 2.87. The molecule has 0 saturated carbocycles. The molecule has 76 valence electrons. The predicted octanol–water partition coefficient (Wildman–Crippen LogP) is 2.37. The van der Waals surface area contributed by atoms with Crippen LogP contribution in [0.25, 0.3) is 0 Å². The number of benzene rings is 1. The van der Waals surface area contributed by atoms with Gasteiger partial charge in [-0.3, -0.25) is 4.79 Å². The van der Waals surface area contributed by atoms with Crippen molar-refractivity contribution in [2.45, 2.75) is 26.7 Å². The quantitative estimate of drug-likeness (QED) is 0.780. The van der Waals surface area contributed by atoms with Crippen LogP contribution in [-0.2, 0) is 6.42 Å². The summed E-state index contributed by atoms with van der Waals surface area (Å²) in [5.41, 5.74) is 7.00. The van der Waals surface area contributed by atoms with E-state index in [1.165, 1.54) is 5.56 Å². The number of rotatable bonds is 4. The second-order valence-electron chi connectivity index (χ2n) is 3.78. The Kier molecular flexibility index (Phi) is 3.69. The minimum Gasteiger partial charge on any atom is -0.366 e. The fourth-order valence-electron chi connectivity index (χ4n) is 1.40. The molecule has 1 atom stereocenters. The van der Waals surface area contributed by atoms with Gasteiger partial charge in [0.1, 0.15) is 0 Å². The first-order valence-electron chi connectivity index (χ1n) is 5.02. The highest BCUT2D eigenvalue weighted by atomic mass is 16.1. The third-order valence-electron chi connectivity index (χ3n) is 2.49. The average Bonchev–Trinajstić information content (AvgIpc) is 2.18. The van der Waals surface area contributed by atoms with Gasteiger partial charge in [-0.25, -0.2) is 0 Å². The van der Waals surface area contributed by atoms with E-state index in [9.17, 15) is 4.79 Å². The van der Waals surface area contributed by atoms with Crippen LogP contribution in [0.3, 0.4) is 0 Å². The molecule has 0 aliphatic heterocycles. The van der Waals surface area contributed by atoms with E-state index in [1.807, 2.05) is 18.2 Å². The Morgan fingerprint density at radius 3 is 2.79 bits per heavy atom. The molecule has 1 amide bonds. The van der Waals surface area contributed by atoms with E-state index in [0.29, 0.717) is 11.5 Å². The van der Waals surface area contributed by atoms with Crippen molar-refractivity contribution in [2.24, 2.45) is 11.7 Å². The molecule has 0 bridgehead atoms. The van der Waals surface area contributed by atoms with E-state index in [1.54, 1.807) is 6.07 Å². The molecule has 0 aliphatic rings. The predicted molar refractivity (Wildman–Crippen MR) is 58.1 cm³/mol. The molecule has 14 heavy (non-hydrogen) atoms. The first-order valence-corrected chi connectivity index (χ1v) is 5.02. The van der Waals surface area contributed by atoms with Crippen LogP contribution >= 0.6 is 0 Å². The fraction of sp³-hybridized carbons (Fsp3) is 0.417. The summed E-state index contributed by atoms with van der Waals surface area (Å²) in [6.45, 7) is 4.37. The summed E-state index contributed by atoms with van der Waals surface area (Å²) in [5.74, 6) is 0.300. The summed E-state index contributed by atoms with van der Waals surface area (Å²) in [6, 6.07) is 7.56. The number of hydrogen-bond donors (Lipinski definition) is 1. The van der Waals surface area contributed by atoms with Crippen molar-refractivity contribution in [2.75, 3.05) is 0 Å². The van der Waals surface area contributed by atoms with E-state index >= 15 is 0 Å². The Bertz CT molecular complexity index is 320. The van der Waals surface area contributed by atoms with Crippen molar-refractivity contribution in [3.63, 3.8) is 0 Å². The van der Waals surface area contributed by atoms with Crippen molar-refractivity contribution < 1.29 is 4.79 Å². The van der Waals surface area contributed by atoms with Crippen LogP contribution in [0, 0.1) is 5.92 Å². The Hall–Kier alpha value is -1.31. The van der Waals surface area contributed by atoms with Crippen LogP contribution in [0.4, 0.5) is 0 Å². The monoisotopic (exact) mass is 191 g/mol. The van der Waals surface area contributed by atoms with E-state index in [2.05, 4.69) is 13.8 Å². The number of hydrogen-bond acceptors (Lipinski definition) is 1. The highest BCUT2D eigenvalue weighted by Crippen LogP contribution is 2.12. The minimum atomic E-state index is -0.351. The molecule has 1 rings (SSSR count). The molecule has 2 heteroatoms. The maximum Gasteiger partial charge on any atom is 0.248 e. The standard InChI is InChI=1S/C12H17NO/c1-3-9(2)7-10-5-4-6-11(8-10)12(13)14/h4-6,8-9H,3,7H2,1-2H3,(H2,13,14). The van der Waals surface area contributed by atoms with Crippen molar-refractivity contribution >= 4 is 5.91 Å². The number of amides is 1. The summed E-state index contributed by atoms with van der Waals surface area (Å²) in [6.07, 6.45) is 2.17. The first-order chi connectivity index (χ1) is 6.63. The number of nitrogens with two attached hydrogens (primary N) is 1. The van der Waals surface area contributed by atoms with Gasteiger partial charge in [0.05, 0.1) is 0 Å². The molecule has 0 spiro atoms. The molecule has 2 nitrogen and oxygen atoms in total. The van der Waals surface area contributed by atoms with Gasteiger partial charge in [-0.2, -0.15) is 0 Å². The molecule has 0 aromatic heterocycles. The second-order valence-corrected chi connectivity index (χ2v) is 3.78. The topological polar surface area (TPSA) is 43.1 Å². The van der Waals surface area contributed by atoms with E-state index in [0.717, 1.165) is 12.8 Å². The lowest BCUT2D eigenvalue weighted by Gasteiger charge is -2.08. The summed E-state index contributed by atoms with van der Waals surface area (Å²) in [5, 5.41) is 0. The summed E-state index contributed by atoms with van der Waals surface area (Å²) >= 11 is 0. The van der Waals surface area contributed by atoms with Gasteiger partial charge in [0.15, 0.2) is 0 Å². The largest absolute Gasteiger partial charge is 0.366 e. The van der Waals surface area contributed by atoms with Crippen LogP contribution < -0.4 is 5.73 Å². The highest BCUT2D eigenvalue weighted by molar-refractivity contribution is 5.92. The molecule has 1 aromatic rings. The van der Waals surface area contributed by atoms with E-state index in [4.69, 9.17) is 5.73 Å². The normalized spacial score (nSPS) is 12.4. The average molecular weight is 191 g/mol. The molecule has 1 unspecified atom stereocenters. The molecule has 2 N–H and O–H groups in total. The highest BCUT2D eigenvalue weighted by Gasteiger charge is 2.04. The zero-order valence-corrected chi connectivity index (χ0v) is 8.79. The van der Waals surface area contributed by atoms with Gasteiger partial charge >= 0.3 is 0 Å². The maximum absolute atomic E-state index is 10.9. The van der Waals surface area contributed by atoms with E-state index in [-0.39, 0.29) is 5.91 Å². The molecule has 0 heterocycles. The van der Waals surface area contributed by atoms with Gasteiger partial charge in [0.25, 0.3) is 0 Å². The van der Waals surface area contributed by atoms with Crippen LogP contribution in [-0.4, -0.2) is 5.91 Å². The lowest BCUT2D eigenvalue weighted by molar-refractivity contribution is 0.1000. The van der Waals surface area contributed by atoms with Gasteiger partial charge in [0.2, 0.25) is 5.91 Å². The van der Waals surface area contributed by atoms with Gasteiger partial charge in [-0.15, -0.1) is 0 Å². The fourth-order valence-corrected chi connectivity index (χ4v) is 1.40. The van der Waals surface area contributed by atoms with Crippen molar-refractivity contribution in [3.8, 4) is 0 Å². The smallest absolute Gasteiger partial charge is 0.248 e. The molecule has 0 radical (unpaired) electrons. The Morgan fingerprint density at radius 1 is 1.50 bits per heavy atom. The van der Waals surface area contributed by atoms with Gasteiger partial charge in [-0.05, 0) is 30.0 Å². The molecule has 0 fully saturated rings. The summed E-state index contributed by atoms with van der Waals surface area (Å²) in [7, 11) is 0. The zero-order valence-electron chi connectivity index (χ0n) is 8.79. The molecular formula is C12H17NO. The summed E-state index contributed by atoms with van der Waals surface area (Å²) < 4.78 is 0. The van der Waals surface area contributed by atoms with Crippen LogP contribution in [0.2, 0.25) is 0 Å². The maximum atomic E-state index is 10.9. The second kappa shape index (κ2) is 4.80. The lowest BCUT2D eigenvalue weighted by Crippen LogP contribution is -2.11. The Balaban J connectivity index is 2.78. The molecule has 1 aromatic carbocycles. The Morgan fingerprint density at radius 2 is 2.21 bits per heavy atom. The van der Waals surface area contributed by atoms with Crippen LogP contribution in [0.15, 0.2) is 24.3 Å². The number of primary amides is 1. The zero-order chi connectivity index (χ0) is 10.6. The van der Waals surface area contributed by atoms with Crippen molar-refractivity contribution in [1.29, 1.82) is 0 Å². The SMILES string of the molecule is CCC(C)Cc1cccc(C(N)=O)c1. The molecule has 0 saturated heterocycles. The number of carbonyl (C=O) groups is 1. The summed E-state index contributed by atoms with van der Waals surface area (Å²) in [4.78, 5) is 10.9. The Labute approximate surface area is 85.1 Å². The van der Waals surface area contributed by atoms with Crippen molar-refractivity contribution in [3.05, 3.63) is 35.4 Å². The lowest BCUT2D eigenvalue weighted by atomic mass is 9.97. The number of carbonyl (C=O) groups excluding carboxylic acids is 1. The third-order valence-corrected chi connectivity index (χ3v) is 2.49. The van der Waals surface area contributed by atoms with Gasteiger partial charge in [0, 0.05) is 5.56 Å². The van der Waals surface area contributed by atoms with Crippen molar-refractivity contribution in [1.82, 2.24) is 0 Å². The molecule has 0 aliphatic carbocycles.